The molecule has 0 spiro atoms. The highest BCUT2D eigenvalue weighted by atomic mass is 16.5. The number of hydrogen-bond acceptors (Lipinski definition) is 3. The molecular weight excluding hydrogens is 154 g/mol. The standard InChI is InChI=1S/C9H11NO2/c11-6-1-2-7-12-9-4-3-5-10-8-9/h3-6,8H,1-2,7H2. The normalized spacial score (nSPS) is 9.33. The van der Waals surface area contributed by atoms with E-state index >= 15 is 0 Å². The van der Waals surface area contributed by atoms with Gasteiger partial charge in [-0.3, -0.25) is 4.98 Å². The minimum absolute atomic E-state index is 0.556. The van der Waals surface area contributed by atoms with Gasteiger partial charge >= 0.3 is 0 Å². The summed E-state index contributed by atoms with van der Waals surface area (Å²) in [5.41, 5.74) is 0. The van der Waals surface area contributed by atoms with E-state index in [0.29, 0.717) is 13.0 Å². The molecule has 0 unspecified atom stereocenters. The predicted octanol–water partition coefficient (Wildman–Crippen LogP) is 1.44. The van der Waals surface area contributed by atoms with Gasteiger partial charge in [-0.1, -0.05) is 0 Å². The van der Waals surface area contributed by atoms with Crippen LogP contribution >= 0.6 is 0 Å². The summed E-state index contributed by atoms with van der Waals surface area (Å²) in [5.74, 6) is 0.753. The maximum Gasteiger partial charge on any atom is 0.137 e. The Morgan fingerprint density at radius 3 is 3.17 bits per heavy atom. The minimum Gasteiger partial charge on any atom is -0.492 e. The van der Waals surface area contributed by atoms with Crippen LogP contribution in [0.4, 0.5) is 0 Å². The molecule has 0 atom stereocenters. The van der Waals surface area contributed by atoms with Crippen molar-refractivity contribution in [3.63, 3.8) is 0 Å². The average molecular weight is 165 g/mol. The first-order valence-electron chi connectivity index (χ1n) is 3.90. The van der Waals surface area contributed by atoms with E-state index in [1.54, 1.807) is 12.4 Å². The molecule has 0 amide bonds. The van der Waals surface area contributed by atoms with Crippen LogP contribution in [0.25, 0.3) is 0 Å². The van der Waals surface area contributed by atoms with Gasteiger partial charge in [-0.05, 0) is 18.6 Å². The molecule has 64 valence electrons. The van der Waals surface area contributed by atoms with Crippen LogP contribution in [-0.2, 0) is 4.79 Å². The first-order valence-corrected chi connectivity index (χ1v) is 3.90. The molecule has 12 heavy (non-hydrogen) atoms. The molecule has 1 aromatic rings. The highest BCUT2D eigenvalue weighted by molar-refractivity contribution is 5.48. The lowest BCUT2D eigenvalue weighted by atomic mass is 10.3. The number of unbranched alkanes of at least 4 members (excludes halogenated alkanes) is 1. The number of hydrogen-bond donors (Lipinski definition) is 0. The number of carbonyl (C=O) groups is 1. The van der Waals surface area contributed by atoms with Crippen LogP contribution in [0.2, 0.25) is 0 Å². The maximum absolute atomic E-state index is 9.95. The number of ether oxygens (including phenoxy) is 1. The maximum atomic E-state index is 9.95. The summed E-state index contributed by atoms with van der Waals surface area (Å²) in [4.78, 5) is 13.8. The number of rotatable bonds is 5. The quantitative estimate of drug-likeness (QED) is 0.489. The lowest BCUT2D eigenvalue weighted by Gasteiger charge is -2.02. The van der Waals surface area contributed by atoms with Crippen molar-refractivity contribution in [1.82, 2.24) is 4.98 Å². The summed E-state index contributed by atoms with van der Waals surface area (Å²) in [6, 6.07) is 3.66. The lowest BCUT2D eigenvalue weighted by Crippen LogP contribution is -1.97. The summed E-state index contributed by atoms with van der Waals surface area (Å²) in [6.45, 7) is 0.574. The number of carbonyl (C=O) groups excluding carboxylic acids is 1. The summed E-state index contributed by atoms with van der Waals surface area (Å²) in [6.07, 6.45) is 5.56. The van der Waals surface area contributed by atoms with Crippen LogP contribution in [0.15, 0.2) is 24.5 Å². The second kappa shape index (κ2) is 5.29. The molecule has 0 saturated carbocycles. The molecule has 0 aliphatic rings. The van der Waals surface area contributed by atoms with Crippen molar-refractivity contribution in [3.8, 4) is 5.75 Å². The van der Waals surface area contributed by atoms with Gasteiger partial charge in [0.05, 0.1) is 12.8 Å². The van der Waals surface area contributed by atoms with Gasteiger partial charge in [-0.2, -0.15) is 0 Å². The molecule has 0 saturated heterocycles. The Hall–Kier alpha value is -1.38. The highest BCUT2D eigenvalue weighted by Crippen LogP contribution is 2.06. The zero-order chi connectivity index (χ0) is 8.65. The Balaban J connectivity index is 2.20. The van der Waals surface area contributed by atoms with Gasteiger partial charge in [0, 0.05) is 12.6 Å². The molecule has 1 heterocycles. The van der Waals surface area contributed by atoms with Crippen LogP contribution in [0, 0.1) is 0 Å². The zero-order valence-corrected chi connectivity index (χ0v) is 6.77. The lowest BCUT2D eigenvalue weighted by molar-refractivity contribution is -0.108. The van der Waals surface area contributed by atoms with Crippen molar-refractivity contribution in [2.24, 2.45) is 0 Å². The van der Waals surface area contributed by atoms with Crippen molar-refractivity contribution in [1.29, 1.82) is 0 Å². The number of aromatic nitrogens is 1. The molecule has 0 N–H and O–H groups in total. The third-order valence-electron chi connectivity index (χ3n) is 1.37. The van der Waals surface area contributed by atoms with E-state index < -0.39 is 0 Å². The second-order valence-electron chi connectivity index (χ2n) is 2.35. The average Bonchev–Trinajstić information content (AvgIpc) is 2.14. The van der Waals surface area contributed by atoms with E-state index in [1.807, 2.05) is 12.1 Å². The number of pyridine rings is 1. The molecular formula is C9H11NO2. The topological polar surface area (TPSA) is 39.2 Å². The minimum atomic E-state index is 0.556. The Kier molecular flexibility index (Phi) is 3.84. The fraction of sp³-hybridized carbons (Fsp3) is 0.333. The van der Waals surface area contributed by atoms with Gasteiger partial charge in [-0.25, -0.2) is 0 Å². The summed E-state index contributed by atoms with van der Waals surface area (Å²) >= 11 is 0. The largest absolute Gasteiger partial charge is 0.492 e. The van der Waals surface area contributed by atoms with Gasteiger partial charge in [0.2, 0.25) is 0 Å². The van der Waals surface area contributed by atoms with E-state index in [-0.39, 0.29) is 0 Å². The number of nitrogens with zero attached hydrogens (tertiary/aromatic N) is 1. The van der Waals surface area contributed by atoms with Crippen molar-refractivity contribution in [2.45, 2.75) is 12.8 Å². The third-order valence-corrected chi connectivity index (χ3v) is 1.37. The Morgan fingerprint density at radius 2 is 2.50 bits per heavy atom. The first-order chi connectivity index (χ1) is 5.93. The van der Waals surface area contributed by atoms with E-state index in [4.69, 9.17) is 4.74 Å². The Morgan fingerprint density at radius 1 is 1.58 bits per heavy atom. The van der Waals surface area contributed by atoms with E-state index in [1.165, 1.54) is 0 Å². The van der Waals surface area contributed by atoms with Gasteiger partial charge in [0.15, 0.2) is 0 Å². The summed E-state index contributed by atoms with van der Waals surface area (Å²) in [5, 5.41) is 0. The molecule has 0 fully saturated rings. The molecule has 0 aliphatic carbocycles. The van der Waals surface area contributed by atoms with Gasteiger partial charge in [0.1, 0.15) is 12.0 Å². The van der Waals surface area contributed by atoms with Gasteiger partial charge in [-0.15, -0.1) is 0 Å². The summed E-state index contributed by atoms with van der Waals surface area (Å²) in [7, 11) is 0. The zero-order valence-electron chi connectivity index (χ0n) is 6.77. The molecule has 1 aromatic heterocycles. The first kappa shape index (κ1) is 8.71. The fourth-order valence-corrected chi connectivity index (χ4v) is 0.789. The molecule has 0 bridgehead atoms. The van der Waals surface area contributed by atoms with Gasteiger partial charge < -0.3 is 9.53 Å². The summed E-state index contributed by atoms with van der Waals surface area (Å²) < 4.78 is 5.29. The smallest absolute Gasteiger partial charge is 0.137 e. The van der Waals surface area contributed by atoms with E-state index in [2.05, 4.69) is 4.98 Å². The van der Waals surface area contributed by atoms with Crippen LogP contribution in [-0.4, -0.2) is 17.9 Å². The van der Waals surface area contributed by atoms with Crippen LogP contribution < -0.4 is 4.74 Å². The molecule has 3 nitrogen and oxygen atoms in total. The van der Waals surface area contributed by atoms with E-state index in [0.717, 1.165) is 18.5 Å². The Labute approximate surface area is 71.4 Å². The molecule has 0 aliphatic heterocycles. The van der Waals surface area contributed by atoms with Crippen molar-refractivity contribution >= 4 is 6.29 Å². The highest BCUT2D eigenvalue weighted by Gasteiger charge is 1.90. The number of aldehydes is 1. The predicted molar refractivity (Wildman–Crippen MR) is 45.0 cm³/mol. The third kappa shape index (κ3) is 3.14. The molecule has 1 rings (SSSR count). The van der Waals surface area contributed by atoms with Crippen LogP contribution in [0.3, 0.4) is 0 Å². The van der Waals surface area contributed by atoms with Crippen molar-refractivity contribution < 1.29 is 9.53 Å². The SMILES string of the molecule is O=CCCCOc1cccnc1. The van der Waals surface area contributed by atoms with Gasteiger partial charge in [0.25, 0.3) is 0 Å². The van der Waals surface area contributed by atoms with Crippen molar-refractivity contribution in [3.05, 3.63) is 24.5 Å². The molecule has 0 radical (unpaired) electrons. The fourth-order valence-electron chi connectivity index (χ4n) is 0.789. The van der Waals surface area contributed by atoms with E-state index in [9.17, 15) is 4.79 Å². The van der Waals surface area contributed by atoms with Crippen LogP contribution in [0.5, 0.6) is 5.75 Å². The Bertz CT molecular complexity index is 223. The second-order valence-corrected chi connectivity index (χ2v) is 2.35. The van der Waals surface area contributed by atoms with Crippen LogP contribution in [0.1, 0.15) is 12.8 Å². The monoisotopic (exact) mass is 165 g/mol. The molecule has 3 heteroatoms. The van der Waals surface area contributed by atoms with Crippen molar-refractivity contribution in [2.75, 3.05) is 6.61 Å². The molecule has 0 aromatic carbocycles.